The van der Waals surface area contributed by atoms with Gasteiger partial charge in [0.05, 0.1) is 5.69 Å². The Balaban J connectivity index is 2.74. The van der Waals surface area contributed by atoms with Crippen molar-refractivity contribution in [2.24, 2.45) is 11.7 Å². The summed E-state index contributed by atoms with van der Waals surface area (Å²) in [5.41, 5.74) is 5.71. The van der Waals surface area contributed by atoms with Gasteiger partial charge in [0.15, 0.2) is 0 Å². The first-order chi connectivity index (χ1) is 6.11. The highest BCUT2D eigenvalue weighted by Crippen LogP contribution is 2.13. The van der Waals surface area contributed by atoms with E-state index in [1.54, 1.807) is 6.92 Å². The molecule has 4 nitrogen and oxygen atoms in total. The third kappa shape index (κ3) is 2.66. The van der Waals surface area contributed by atoms with Crippen molar-refractivity contribution in [2.75, 3.05) is 0 Å². The van der Waals surface area contributed by atoms with Crippen LogP contribution in [-0.2, 0) is 11.2 Å². The van der Waals surface area contributed by atoms with Gasteiger partial charge in [0.2, 0.25) is 5.91 Å². The zero-order valence-corrected chi connectivity index (χ0v) is 7.95. The maximum Gasteiger partial charge on any atom is 0.220 e. The number of amides is 1. The van der Waals surface area contributed by atoms with E-state index in [4.69, 9.17) is 17.3 Å². The topological polar surface area (TPSA) is 68.9 Å². The molecule has 13 heavy (non-hydrogen) atoms. The highest BCUT2D eigenvalue weighted by Gasteiger charge is 2.12. The molecule has 1 unspecified atom stereocenters. The third-order valence-corrected chi connectivity index (χ3v) is 2.02. The molecule has 1 atom stereocenters. The van der Waals surface area contributed by atoms with Crippen molar-refractivity contribution in [2.45, 2.75) is 13.3 Å². The minimum atomic E-state index is -0.360. The minimum Gasteiger partial charge on any atom is -0.369 e. The number of nitrogens with two attached hydrogens (primary N) is 1. The van der Waals surface area contributed by atoms with Crippen LogP contribution in [-0.4, -0.2) is 15.9 Å². The molecule has 2 N–H and O–H groups in total. The number of aromatic nitrogens is 2. The summed E-state index contributed by atoms with van der Waals surface area (Å²) in [6.07, 6.45) is 3.47. The van der Waals surface area contributed by atoms with Gasteiger partial charge in [-0.15, -0.1) is 0 Å². The van der Waals surface area contributed by atoms with Crippen LogP contribution in [0.3, 0.4) is 0 Å². The Kier molecular flexibility index (Phi) is 3.19. The van der Waals surface area contributed by atoms with Gasteiger partial charge in [-0.1, -0.05) is 18.5 Å². The van der Waals surface area contributed by atoms with Crippen LogP contribution >= 0.6 is 11.6 Å². The van der Waals surface area contributed by atoms with E-state index in [0.29, 0.717) is 17.3 Å². The molecule has 0 saturated carbocycles. The van der Waals surface area contributed by atoms with Gasteiger partial charge in [0, 0.05) is 24.7 Å². The smallest absolute Gasteiger partial charge is 0.220 e. The molecule has 0 aliphatic heterocycles. The summed E-state index contributed by atoms with van der Waals surface area (Å²) < 4.78 is 0. The van der Waals surface area contributed by atoms with Crippen LogP contribution in [0.1, 0.15) is 12.6 Å². The second-order valence-corrected chi connectivity index (χ2v) is 3.16. The number of halogens is 1. The molecule has 0 radical (unpaired) electrons. The van der Waals surface area contributed by atoms with Crippen molar-refractivity contribution in [3.8, 4) is 0 Å². The van der Waals surface area contributed by atoms with Crippen LogP contribution in [0, 0.1) is 5.92 Å². The summed E-state index contributed by atoms with van der Waals surface area (Å²) in [5, 5.41) is 0.329. The molecule has 0 aliphatic rings. The lowest BCUT2D eigenvalue weighted by Crippen LogP contribution is -2.22. The van der Waals surface area contributed by atoms with Gasteiger partial charge >= 0.3 is 0 Å². The van der Waals surface area contributed by atoms with Crippen LogP contribution in [0.25, 0.3) is 0 Å². The Morgan fingerprint density at radius 1 is 1.62 bits per heavy atom. The van der Waals surface area contributed by atoms with Gasteiger partial charge in [-0.25, -0.2) is 4.98 Å². The number of carbonyl (C=O) groups excluding carboxylic acids is 1. The quantitative estimate of drug-likeness (QED) is 0.783. The molecular formula is C8H10ClN3O. The minimum absolute atomic E-state index is 0.269. The van der Waals surface area contributed by atoms with Crippen molar-refractivity contribution in [3.05, 3.63) is 23.2 Å². The number of carbonyl (C=O) groups is 1. The van der Waals surface area contributed by atoms with Gasteiger partial charge in [0.25, 0.3) is 0 Å². The monoisotopic (exact) mass is 199 g/mol. The third-order valence-electron chi connectivity index (χ3n) is 1.71. The number of nitrogens with zero attached hydrogens (tertiary/aromatic N) is 2. The summed E-state index contributed by atoms with van der Waals surface area (Å²) in [4.78, 5) is 18.6. The molecule has 0 saturated heterocycles. The SMILES string of the molecule is CC(Cc1nccnc1Cl)C(N)=O. The number of hydrogen-bond donors (Lipinski definition) is 1. The average Bonchev–Trinajstić information content (AvgIpc) is 2.08. The normalized spacial score (nSPS) is 12.5. The summed E-state index contributed by atoms with van der Waals surface area (Å²) in [6, 6.07) is 0. The fourth-order valence-corrected chi connectivity index (χ4v) is 1.06. The molecule has 1 heterocycles. The highest BCUT2D eigenvalue weighted by molar-refractivity contribution is 6.30. The van der Waals surface area contributed by atoms with E-state index >= 15 is 0 Å². The Morgan fingerprint density at radius 2 is 2.23 bits per heavy atom. The molecule has 1 amide bonds. The lowest BCUT2D eigenvalue weighted by atomic mass is 10.1. The molecular weight excluding hydrogens is 190 g/mol. The first kappa shape index (κ1) is 9.92. The van der Waals surface area contributed by atoms with E-state index in [1.165, 1.54) is 12.4 Å². The van der Waals surface area contributed by atoms with Crippen molar-refractivity contribution < 1.29 is 4.79 Å². The fourth-order valence-electron chi connectivity index (χ4n) is 0.877. The zero-order valence-electron chi connectivity index (χ0n) is 7.20. The van der Waals surface area contributed by atoms with E-state index in [9.17, 15) is 4.79 Å². The van der Waals surface area contributed by atoms with Gasteiger partial charge in [0.1, 0.15) is 5.15 Å². The molecule has 5 heteroatoms. The van der Waals surface area contributed by atoms with E-state index in [-0.39, 0.29) is 11.8 Å². The van der Waals surface area contributed by atoms with Crippen LogP contribution in [0.15, 0.2) is 12.4 Å². The Bertz CT molecular complexity index is 316. The van der Waals surface area contributed by atoms with E-state index in [0.717, 1.165) is 0 Å². The van der Waals surface area contributed by atoms with Gasteiger partial charge in [-0.05, 0) is 0 Å². The van der Waals surface area contributed by atoms with Crippen molar-refractivity contribution in [1.29, 1.82) is 0 Å². The molecule has 0 bridgehead atoms. The van der Waals surface area contributed by atoms with Crippen molar-refractivity contribution >= 4 is 17.5 Å². The second kappa shape index (κ2) is 4.18. The summed E-state index contributed by atoms with van der Waals surface area (Å²) in [7, 11) is 0. The standard InChI is InChI=1S/C8H10ClN3O/c1-5(8(10)13)4-6-7(9)12-3-2-11-6/h2-3,5H,4H2,1H3,(H2,10,13). The summed E-state index contributed by atoms with van der Waals surface area (Å²) in [6.45, 7) is 1.73. The van der Waals surface area contributed by atoms with Crippen LogP contribution in [0.4, 0.5) is 0 Å². The Hall–Kier alpha value is -1.16. The van der Waals surface area contributed by atoms with E-state index in [2.05, 4.69) is 9.97 Å². The maximum absolute atomic E-state index is 10.7. The number of rotatable bonds is 3. The molecule has 1 aromatic rings. The van der Waals surface area contributed by atoms with E-state index < -0.39 is 0 Å². The molecule has 70 valence electrons. The summed E-state index contributed by atoms with van der Waals surface area (Å²) >= 11 is 5.75. The van der Waals surface area contributed by atoms with Crippen LogP contribution in [0.5, 0.6) is 0 Å². The fraction of sp³-hybridized carbons (Fsp3) is 0.375. The van der Waals surface area contributed by atoms with Crippen LogP contribution in [0.2, 0.25) is 5.15 Å². The highest BCUT2D eigenvalue weighted by atomic mass is 35.5. The molecule has 0 aliphatic carbocycles. The molecule has 1 aromatic heterocycles. The van der Waals surface area contributed by atoms with Crippen molar-refractivity contribution in [1.82, 2.24) is 9.97 Å². The van der Waals surface area contributed by atoms with Gasteiger partial charge in [-0.3, -0.25) is 9.78 Å². The molecule has 1 rings (SSSR count). The predicted molar refractivity (Wildman–Crippen MR) is 49.1 cm³/mol. The molecule has 0 aromatic carbocycles. The average molecular weight is 200 g/mol. The first-order valence-corrected chi connectivity index (χ1v) is 4.23. The Morgan fingerprint density at radius 3 is 2.77 bits per heavy atom. The zero-order chi connectivity index (χ0) is 9.84. The number of hydrogen-bond acceptors (Lipinski definition) is 3. The van der Waals surface area contributed by atoms with Gasteiger partial charge < -0.3 is 5.73 Å². The number of primary amides is 1. The van der Waals surface area contributed by atoms with E-state index in [1.807, 2.05) is 0 Å². The second-order valence-electron chi connectivity index (χ2n) is 2.80. The molecule has 0 fully saturated rings. The lowest BCUT2D eigenvalue weighted by Gasteiger charge is -2.06. The van der Waals surface area contributed by atoms with Gasteiger partial charge in [-0.2, -0.15) is 0 Å². The van der Waals surface area contributed by atoms with Crippen LogP contribution < -0.4 is 5.73 Å². The van der Waals surface area contributed by atoms with Crippen molar-refractivity contribution in [3.63, 3.8) is 0 Å². The molecule has 0 spiro atoms. The largest absolute Gasteiger partial charge is 0.369 e. The lowest BCUT2D eigenvalue weighted by molar-refractivity contribution is -0.121. The maximum atomic E-state index is 10.7. The first-order valence-electron chi connectivity index (χ1n) is 3.86. The predicted octanol–water partition coefficient (Wildman–Crippen LogP) is 0.794. The summed E-state index contributed by atoms with van der Waals surface area (Å²) in [5.74, 6) is -0.629. The Labute approximate surface area is 81.1 Å².